The average molecular weight is 343 g/mol. The van der Waals surface area contributed by atoms with Gasteiger partial charge in [0.05, 0.1) is 12.1 Å². The van der Waals surface area contributed by atoms with E-state index in [0.717, 1.165) is 0 Å². The van der Waals surface area contributed by atoms with Crippen LogP contribution in [0.3, 0.4) is 0 Å². The lowest BCUT2D eigenvalue weighted by Crippen LogP contribution is -2.30. The fraction of sp³-hybridized carbons (Fsp3) is 0.176. The van der Waals surface area contributed by atoms with Crippen LogP contribution in [-0.4, -0.2) is 30.8 Å². The first-order chi connectivity index (χ1) is 11.9. The maximum atomic E-state index is 13.7. The van der Waals surface area contributed by atoms with Gasteiger partial charge in [-0.1, -0.05) is 0 Å². The Balaban J connectivity index is 2.28. The number of aryl methyl sites for hydroxylation is 1. The highest BCUT2D eigenvalue weighted by Gasteiger charge is 2.14. The van der Waals surface area contributed by atoms with Crippen molar-refractivity contribution in [2.75, 3.05) is 0 Å². The van der Waals surface area contributed by atoms with Gasteiger partial charge in [0, 0.05) is 18.1 Å². The monoisotopic (exact) mass is 343 g/mol. The van der Waals surface area contributed by atoms with Crippen molar-refractivity contribution in [2.24, 2.45) is 0 Å². The minimum atomic E-state index is -1.09. The molecule has 2 heterocycles. The number of fused-ring (bicyclic) bond motifs is 1. The van der Waals surface area contributed by atoms with Crippen LogP contribution in [0.1, 0.15) is 18.4 Å². The highest BCUT2D eigenvalue weighted by atomic mass is 19.1. The summed E-state index contributed by atoms with van der Waals surface area (Å²) in [6.45, 7) is 1.73. The van der Waals surface area contributed by atoms with E-state index in [0.29, 0.717) is 16.8 Å². The molecule has 25 heavy (non-hydrogen) atoms. The van der Waals surface area contributed by atoms with E-state index >= 15 is 0 Å². The highest BCUT2D eigenvalue weighted by molar-refractivity contribution is 5.69. The third-order valence-electron chi connectivity index (χ3n) is 3.72. The van der Waals surface area contributed by atoms with E-state index in [9.17, 15) is 19.1 Å². The van der Waals surface area contributed by atoms with Crippen LogP contribution in [0.25, 0.3) is 22.7 Å². The Hall–Kier alpha value is -3.29. The summed E-state index contributed by atoms with van der Waals surface area (Å²) >= 11 is 0. The van der Waals surface area contributed by atoms with E-state index < -0.39 is 17.2 Å². The smallest absolute Gasteiger partial charge is 0.303 e. The molecule has 0 aliphatic heterocycles. The lowest BCUT2D eigenvalue weighted by atomic mass is 10.1. The van der Waals surface area contributed by atoms with Gasteiger partial charge in [-0.2, -0.15) is 5.10 Å². The van der Waals surface area contributed by atoms with Gasteiger partial charge >= 0.3 is 5.97 Å². The van der Waals surface area contributed by atoms with Crippen LogP contribution in [0, 0.1) is 12.7 Å². The Morgan fingerprint density at radius 3 is 2.64 bits per heavy atom. The predicted octanol–water partition coefficient (Wildman–Crippen LogP) is 1.45. The maximum absolute atomic E-state index is 13.7. The van der Waals surface area contributed by atoms with Crippen molar-refractivity contribution in [3.05, 3.63) is 57.4 Å². The normalized spacial score (nSPS) is 12.4. The second-order valence-corrected chi connectivity index (χ2v) is 5.62. The van der Waals surface area contributed by atoms with Crippen LogP contribution in [0.4, 0.5) is 4.39 Å². The van der Waals surface area contributed by atoms with Gasteiger partial charge in [0.2, 0.25) is 0 Å². The van der Waals surface area contributed by atoms with Crippen LogP contribution in [0.5, 0.6) is 0 Å². The summed E-state index contributed by atoms with van der Waals surface area (Å²) < 4.78 is 15.0. The summed E-state index contributed by atoms with van der Waals surface area (Å²) in [5, 5.41) is 22.8. The van der Waals surface area contributed by atoms with Crippen LogP contribution in [-0.2, 0) is 4.79 Å². The van der Waals surface area contributed by atoms with Gasteiger partial charge in [0.25, 0.3) is 0 Å². The van der Waals surface area contributed by atoms with Crippen molar-refractivity contribution in [3.63, 3.8) is 0 Å². The number of pyridine rings is 1. The topological polar surface area (TPSA) is 105 Å². The molecule has 0 fully saturated rings. The van der Waals surface area contributed by atoms with Gasteiger partial charge in [-0.15, -0.1) is 0 Å². The fourth-order valence-corrected chi connectivity index (χ4v) is 2.67. The number of carboxylic acid groups (broad SMARTS) is 1. The number of carbonyl (C=O) groups is 1. The van der Waals surface area contributed by atoms with Crippen LogP contribution in [0.15, 0.2) is 35.4 Å². The Morgan fingerprint density at radius 1 is 1.20 bits per heavy atom. The first-order valence-electron chi connectivity index (χ1n) is 7.45. The number of benzene rings is 1. The molecule has 0 amide bonds. The molecule has 128 valence electrons. The molecule has 3 aromatic rings. The number of aliphatic hydroxyl groups excluding tert-OH is 1. The second-order valence-electron chi connectivity index (χ2n) is 5.62. The quantitative estimate of drug-likeness (QED) is 0.743. The van der Waals surface area contributed by atoms with E-state index in [1.807, 2.05) is 0 Å². The molecule has 2 aromatic heterocycles. The molecule has 0 aliphatic rings. The Kier molecular flexibility index (Phi) is 4.18. The number of hydrogen-bond acceptors (Lipinski definition) is 5. The first-order valence-corrected chi connectivity index (χ1v) is 7.45. The van der Waals surface area contributed by atoms with Gasteiger partial charge < -0.3 is 10.2 Å². The highest BCUT2D eigenvalue weighted by Crippen LogP contribution is 2.20. The lowest BCUT2D eigenvalue weighted by molar-refractivity contribution is -0.136. The molecular weight excluding hydrogens is 329 g/mol. The number of carboxylic acids is 1. The third kappa shape index (κ3) is 3.18. The summed E-state index contributed by atoms with van der Waals surface area (Å²) in [5.41, 5.74) is 1.000. The number of nitrogens with zero attached hydrogens (tertiary/aromatic N) is 3. The number of aliphatic hydroxyl groups is 1. The number of aromatic nitrogens is 3. The molecule has 0 saturated carbocycles. The fourth-order valence-electron chi connectivity index (χ4n) is 2.67. The van der Waals surface area contributed by atoms with Gasteiger partial charge in [0.1, 0.15) is 23.1 Å². The van der Waals surface area contributed by atoms with Crippen molar-refractivity contribution in [1.82, 2.24) is 14.6 Å². The molecule has 0 aliphatic carbocycles. The Morgan fingerprint density at radius 2 is 1.96 bits per heavy atom. The van der Waals surface area contributed by atoms with Crippen molar-refractivity contribution < 1.29 is 19.4 Å². The van der Waals surface area contributed by atoms with Crippen LogP contribution >= 0.6 is 0 Å². The number of aliphatic carboxylic acids is 1. The summed E-state index contributed by atoms with van der Waals surface area (Å²) in [6.07, 6.45) is 0.681. The SMILES string of the molecule is Cc1cc(F)cc(-c2cc(=O)/c(=C(/O)CCC(=O)O)c3ncnn23)c1. The molecule has 0 unspecified atom stereocenters. The summed E-state index contributed by atoms with van der Waals surface area (Å²) in [7, 11) is 0. The van der Waals surface area contributed by atoms with E-state index in [1.165, 1.54) is 29.0 Å². The molecule has 0 atom stereocenters. The van der Waals surface area contributed by atoms with Crippen molar-refractivity contribution >= 4 is 17.4 Å². The van der Waals surface area contributed by atoms with Gasteiger partial charge in [-0.25, -0.2) is 13.9 Å². The second kappa shape index (κ2) is 6.31. The first kappa shape index (κ1) is 16.6. The van der Waals surface area contributed by atoms with Crippen LogP contribution < -0.4 is 10.6 Å². The zero-order valence-corrected chi connectivity index (χ0v) is 13.2. The van der Waals surface area contributed by atoms with E-state index in [-0.39, 0.29) is 29.5 Å². The molecule has 8 heteroatoms. The largest absolute Gasteiger partial charge is 0.511 e. The molecule has 1 aromatic carbocycles. The summed E-state index contributed by atoms with van der Waals surface area (Å²) in [5.74, 6) is -1.91. The number of halogens is 1. The zero-order chi connectivity index (χ0) is 18.1. The molecule has 0 saturated heterocycles. The maximum Gasteiger partial charge on any atom is 0.303 e. The molecular formula is C17H14FN3O4. The standard InChI is InChI=1S/C17H14FN3O4/c1-9-4-10(6-11(18)5-9)12-7-14(23)16(13(22)2-3-15(24)25)17-19-8-20-21(12)17/h4-8,22H,2-3H2,1H3,(H,24,25)/b16-13-. The van der Waals surface area contributed by atoms with Gasteiger partial charge in [0.15, 0.2) is 11.1 Å². The predicted molar refractivity (Wildman–Crippen MR) is 87.5 cm³/mol. The average Bonchev–Trinajstić information content (AvgIpc) is 2.99. The molecule has 3 rings (SSSR count). The Labute approximate surface area is 140 Å². The molecule has 2 N–H and O–H groups in total. The summed E-state index contributed by atoms with van der Waals surface area (Å²) in [6, 6.07) is 5.56. The van der Waals surface area contributed by atoms with E-state index in [4.69, 9.17) is 5.11 Å². The number of rotatable bonds is 4. The minimum Gasteiger partial charge on any atom is -0.511 e. The van der Waals surface area contributed by atoms with Crippen molar-refractivity contribution in [3.8, 4) is 11.3 Å². The minimum absolute atomic E-state index is 0.0901. The molecule has 0 bridgehead atoms. The van der Waals surface area contributed by atoms with E-state index in [1.54, 1.807) is 13.0 Å². The summed E-state index contributed by atoms with van der Waals surface area (Å²) in [4.78, 5) is 27.1. The third-order valence-corrected chi connectivity index (χ3v) is 3.72. The number of hydrogen-bond donors (Lipinski definition) is 2. The zero-order valence-electron chi connectivity index (χ0n) is 13.2. The lowest BCUT2D eigenvalue weighted by Gasteiger charge is -2.07. The van der Waals surface area contributed by atoms with Gasteiger partial charge in [-0.3, -0.25) is 9.59 Å². The molecule has 0 radical (unpaired) electrons. The van der Waals surface area contributed by atoms with E-state index in [2.05, 4.69) is 10.1 Å². The van der Waals surface area contributed by atoms with Crippen molar-refractivity contribution in [1.29, 1.82) is 0 Å². The van der Waals surface area contributed by atoms with Crippen molar-refractivity contribution in [2.45, 2.75) is 19.8 Å². The molecule has 7 nitrogen and oxygen atoms in total. The van der Waals surface area contributed by atoms with Gasteiger partial charge in [-0.05, 0) is 30.7 Å². The Bertz CT molecular complexity index is 1070. The molecule has 0 spiro atoms. The van der Waals surface area contributed by atoms with Crippen LogP contribution in [0.2, 0.25) is 0 Å².